The summed E-state index contributed by atoms with van der Waals surface area (Å²) in [5.74, 6) is -1.37. The zero-order chi connectivity index (χ0) is 27.5. The second kappa shape index (κ2) is 11.2. The first-order valence-corrected chi connectivity index (χ1v) is 13.3. The molecule has 2 fully saturated rings. The molecular weight excluding hydrogens is 496 g/mol. The highest BCUT2D eigenvalue weighted by Gasteiger charge is 2.44. The van der Waals surface area contributed by atoms with E-state index in [1.807, 2.05) is 25.3 Å². The van der Waals surface area contributed by atoms with Gasteiger partial charge in [0.2, 0.25) is 11.8 Å². The first-order chi connectivity index (χ1) is 18.8. The van der Waals surface area contributed by atoms with E-state index in [1.54, 1.807) is 30.6 Å². The average Bonchev–Trinajstić information content (AvgIpc) is 3.13. The zero-order valence-electron chi connectivity index (χ0n) is 21.9. The molecule has 3 heterocycles. The van der Waals surface area contributed by atoms with E-state index in [4.69, 9.17) is 10.7 Å². The van der Waals surface area contributed by atoms with Crippen molar-refractivity contribution in [2.45, 2.75) is 57.5 Å². The largest absolute Gasteiger partial charge is 0.404 e. The van der Waals surface area contributed by atoms with Crippen LogP contribution in [0.2, 0.25) is 0 Å². The van der Waals surface area contributed by atoms with E-state index in [0.29, 0.717) is 12.0 Å². The Morgan fingerprint density at radius 2 is 1.95 bits per heavy atom. The van der Waals surface area contributed by atoms with Crippen LogP contribution >= 0.6 is 0 Å². The highest BCUT2D eigenvalue weighted by atomic mass is 16.2. The maximum Gasteiger partial charge on any atom is 0.262 e. The zero-order valence-corrected chi connectivity index (χ0v) is 21.9. The normalized spacial score (nSPS) is 23.2. The van der Waals surface area contributed by atoms with Gasteiger partial charge in [-0.3, -0.25) is 39.4 Å². The number of carbonyl (C=O) groups excluding carboxylic acids is 4. The van der Waals surface area contributed by atoms with Crippen LogP contribution < -0.4 is 16.4 Å². The van der Waals surface area contributed by atoms with Crippen LogP contribution in [0.25, 0.3) is 5.57 Å². The topological polar surface area (TPSA) is 147 Å². The van der Waals surface area contributed by atoms with Gasteiger partial charge in [-0.2, -0.15) is 0 Å². The number of pyridine rings is 1. The number of nitrogens with zero attached hydrogens (tertiary/aromatic N) is 3. The third-order valence-electron chi connectivity index (χ3n) is 7.58. The third-order valence-corrected chi connectivity index (χ3v) is 7.58. The molecule has 3 aliphatic rings. The lowest BCUT2D eigenvalue weighted by Gasteiger charge is -2.32. The molecule has 4 amide bonds. The van der Waals surface area contributed by atoms with Crippen molar-refractivity contribution in [1.29, 1.82) is 0 Å². The van der Waals surface area contributed by atoms with E-state index in [1.165, 1.54) is 0 Å². The van der Waals surface area contributed by atoms with Gasteiger partial charge in [-0.1, -0.05) is 0 Å². The molecule has 2 aliphatic heterocycles. The number of nitrogens with one attached hydrogen (secondary N) is 2. The summed E-state index contributed by atoms with van der Waals surface area (Å²) in [5.41, 5.74) is 9.87. The predicted octanol–water partition coefficient (Wildman–Crippen LogP) is 2.83. The number of aliphatic imine (C=N–C) groups is 1. The summed E-state index contributed by atoms with van der Waals surface area (Å²) >= 11 is 0. The number of amides is 4. The highest BCUT2D eigenvalue weighted by molar-refractivity contribution is 6.23. The van der Waals surface area contributed by atoms with Crippen LogP contribution in [0.15, 0.2) is 47.7 Å². The summed E-state index contributed by atoms with van der Waals surface area (Å²) in [4.78, 5) is 59.5. The van der Waals surface area contributed by atoms with Crippen LogP contribution in [0.4, 0.5) is 5.69 Å². The summed E-state index contributed by atoms with van der Waals surface area (Å²) in [6, 6.07) is 8.34. The second-order valence-electron chi connectivity index (χ2n) is 10.4. The molecule has 0 bridgehead atoms. The molecule has 5 rings (SSSR count). The van der Waals surface area contributed by atoms with Gasteiger partial charge in [-0.25, -0.2) is 0 Å². The van der Waals surface area contributed by atoms with Crippen molar-refractivity contribution in [2.75, 3.05) is 11.9 Å². The number of benzene rings is 1. The van der Waals surface area contributed by atoms with Crippen molar-refractivity contribution >= 4 is 41.1 Å². The van der Waals surface area contributed by atoms with E-state index in [-0.39, 0.29) is 24.0 Å². The fraction of sp³-hybridized carbons (Fsp3) is 0.379. The smallest absolute Gasteiger partial charge is 0.262 e. The highest BCUT2D eigenvalue weighted by Crippen LogP contribution is 2.34. The van der Waals surface area contributed by atoms with Gasteiger partial charge in [0.25, 0.3) is 11.8 Å². The van der Waals surface area contributed by atoms with E-state index in [9.17, 15) is 19.2 Å². The number of allylic oxidation sites excluding steroid dienone is 1. The van der Waals surface area contributed by atoms with Gasteiger partial charge in [0.15, 0.2) is 0 Å². The van der Waals surface area contributed by atoms with Crippen molar-refractivity contribution in [3.05, 3.63) is 65.1 Å². The molecule has 1 saturated heterocycles. The Labute approximate surface area is 226 Å². The monoisotopic (exact) mass is 528 g/mol. The standard InChI is InChI=1S/C29H32N6O4/c1-17-8-10-32-24(11-17)19(15-30)16-33-21-12-18(13-21)3-2-9-31-20-4-5-22-23(14-20)29(39)35(28(22)38)25-6-7-26(36)34-27(25)37/h4-5,8,10-11,14-16,18,21,25,31H,2-3,6-7,9,12-13,30H2,1H3,(H,34,36,37). The SMILES string of the molecule is Cc1ccnc(C(C=NC2CC(CCCNc3ccc4c(c3)C(=O)N(C3CCC(=O)NC3=O)C4=O)C2)=CN)c1. The Morgan fingerprint density at radius 3 is 2.69 bits per heavy atom. The number of hydrogen-bond acceptors (Lipinski definition) is 8. The van der Waals surface area contributed by atoms with Crippen LogP contribution in [0.3, 0.4) is 0 Å². The summed E-state index contributed by atoms with van der Waals surface area (Å²) in [6.07, 6.45) is 9.50. The van der Waals surface area contributed by atoms with E-state index < -0.39 is 29.7 Å². The first kappa shape index (κ1) is 26.3. The van der Waals surface area contributed by atoms with Crippen LogP contribution in [0.5, 0.6) is 0 Å². The third kappa shape index (κ3) is 5.59. The van der Waals surface area contributed by atoms with Crippen molar-refractivity contribution in [1.82, 2.24) is 15.2 Å². The number of imide groups is 2. The molecule has 202 valence electrons. The summed E-state index contributed by atoms with van der Waals surface area (Å²) in [7, 11) is 0. The lowest BCUT2D eigenvalue weighted by molar-refractivity contribution is -0.136. The number of anilines is 1. The number of piperidine rings is 1. The van der Waals surface area contributed by atoms with Crippen molar-refractivity contribution in [3.8, 4) is 0 Å². The molecular formula is C29H32N6O4. The lowest BCUT2D eigenvalue weighted by Crippen LogP contribution is -2.54. The maximum atomic E-state index is 13.0. The van der Waals surface area contributed by atoms with Gasteiger partial charge < -0.3 is 11.1 Å². The molecule has 39 heavy (non-hydrogen) atoms. The van der Waals surface area contributed by atoms with Crippen LogP contribution in [0.1, 0.15) is 70.5 Å². The molecule has 2 aromatic rings. The summed E-state index contributed by atoms with van der Waals surface area (Å²) in [5, 5.41) is 5.55. The molecule has 1 unspecified atom stereocenters. The minimum Gasteiger partial charge on any atom is -0.404 e. The van der Waals surface area contributed by atoms with Gasteiger partial charge in [0, 0.05) is 42.8 Å². The van der Waals surface area contributed by atoms with Gasteiger partial charge in [-0.05, 0) is 80.8 Å². The minimum atomic E-state index is -0.959. The van der Waals surface area contributed by atoms with E-state index in [0.717, 1.165) is 59.6 Å². The lowest BCUT2D eigenvalue weighted by atomic mass is 9.78. The summed E-state index contributed by atoms with van der Waals surface area (Å²) < 4.78 is 0. The number of aromatic nitrogens is 1. The number of aryl methyl sites for hydroxylation is 1. The Bertz CT molecular complexity index is 1380. The van der Waals surface area contributed by atoms with Crippen molar-refractivity contribution in [2.24, 2.45) is 16.6 Å². The molecule has 1 saturated carbocycles. The predicted molar refractivity (Wildman–Crippen MR) is 147 cm³/mol. The molecule has 1 aliphatic carbocycles. The van der Waals surface area contributed by atoms with Gasteiger partial charge in [-0.15, -0.1) is 0 Å². The quantitative estimate of drug-likeness (QED) is 0.258. The Balaban J connectivity index is 1.07. The number of hydrogen-bond donors (Lipinski definition) is 3. The summed E-state index contributed by atoms with van der Waals surface area (Å²) in [6.45, 7) is 2.76. The Hall–Kier alpha value is -4.34. The maximum absolute atomic E-state index is 13.0. The fourth-order valence-corrected chi connectivity index (χ4v) is 5.34. The Kier molecular flexibility index (Phi) is 7.53. The number of nitrogens with two attached hydrogens (primary N) is 1. The molecule has 1 aromatic carbocycles. The number of fused-ring (bicyclic) bond motifs is 1. The van der Waals surface area contributed by atoms with Gasteiger partial charge >= 0.3 is 0 Å². The minimum absolute atomic E-state index is 0.0986. The van der Waals surface area contributed by atoms with Crippen LogP contribution in [0, 0.1) is 12.8 Å². The second-order valence-corrected chi connectivity index (χ2v) is 10.4. The molecule has 10 nitrogen and oxygen atoms in total. The molecule has 1 aromatic heterocycles. The van der Waals surface area contributed by atoms with Crippen LogP contribution in [-0.4, -0.2) is 58.4 Å². The van der Waals surface area contributed by atoms with Crippen molar-refractivity contribution in [3.63, 3.8) is 0 Å². The molecule has 0 spiro atoms. The van der Waals surface area contributed by atoms with E-state index in [2.05, 4.69) is 15.6 Å². The van der Waals surface area contributed by atoms with E-state index >= 15 is 0 Å². The van der Waals surface area contributed by atoms with Crippen LogP contribution in [-0.2, 0) is 9.59 Å². The Morgan fingerprint density at radius 1 is 1.15 bits per heavy atom. The average molecular weight is 529 g/mol. The first-order valence-electron chi connectivity index (χ1n) is 13.3. The van der Waals surface area contributed by atoms with Gasteiger partial charge in [0.1, 0.15) is 6.04 Å². The van der Waals surface area contributed by atoms with Crippen molar-refractivity contribution < 1.29 is 19.2 Å². The fourth-order valence-electron chi connectivity index (χ4n) is 5.34. The molecule has 1 atom stereocenters. The van der Waals surface area contributed by atoms with Gasteiger partial charge in [0.05, 0.1) is 22.9 Å². The molecule has 10 heteroatoms. The number of carbonyl (C=O) groups is 4. The molecule has 4 N–H and O–H groups in total. The number of rotatable bonds is 9. The molecule has 0 radical (unpaired) electrons.